The number of nitrogens with one attached hydrogen (secondary N) is 1. The number of hydrogen-bond acceptors (Lipinski definition) is 4. The van der Waals surface area contributed by atoms with Gasteiger partial charge in [-0.2, -0.15) is 0 Å². The molecule has 8 heteroatoms. The van der Waals surface area contributed by atoms with E-state index < -0.39 is 10.0 Å². The lowest BCUT2D eigenvalue weighted by molar-refractivity contribution is -0.126. The summed E-state index contributed by atoms with van der Waals surface area (Å²) in [5.74, 6) is 0.136. The molecule has 0 aromatic heterocycles. The Morgan fingerprint density at radius 1 is 0.917 bits per heavy atom. The normalized spacial score (nSPS) is 14.9. The van der Waals surface area contributed by atoms with Crippen LogP contribution in [0.25, 0.3) is 0 Å². The lowest BCUT2D eigenvalue weighted by atomic mass is 9.97. The van der Waals surface area contributed by atoms with Gasteiger partial charge in [-0.15, -0.1) is 0 Å². The van der Waals surface area contributed by atoms with Crippen molar-refractivity contribution in [3.63, 3.8) is 0 Å². The fourth-order valence-electron chi connectivity index (χ4n) is 4.17. The second-order valence-electron chi connectivity index (χ2n) is 9.19. The predicted molar refractivity (Wildman–Crippen MR) is 137 cm³/mol. The Morgan fingerprint density at radius 3 is 2.14 bits per heavy atom. The predicted octanol–water partition coefficient (Wildman–Crippen LogP) is 4.57. The van der Waals surface area contributed by atoms with Gasteiger partial charge in [-0.1, -0.05) is 54.1 Å². The number of carbonyl (C=O) groups is 1. The molecule has 1 heterocycles. The van der Waals surface area contributed by atoms with Crippen molar-refractivity contribution < 1.29 is 22.3 Å². The van der Waals surface area contributed by atoms with Gasteiger partial charge in [0.15, 0.2) is 0 Å². The highest BCUT2D eigenvalue weighted by atomic mass is 32.2. The Morgan fingerprint density at radius 2 is 1.50 bits per heavy atom. The molecule has 0 unspecified atom stereocenters. The first kappa shape index (κ1) is 25.9. The molecule has 0 radical (unpaired) electrons. The maximum atomic E-state index is 13.0. The van der Waals surface area contributed by atoms with Crippen molar-refractivity contribution in [3.8, 4) is 5.75 Å². The van der Waals surface area contributed by atoms with Crippen molar-refractivity contribution in [2.24, 2.45) is 5.92 Å². The third kappa shape index (κ3) is 7.15. The van der Waals surface area contributed by atoms with Crippen LogP contribution in [-0.2, 0) is 33.7 Å². The molecule has 0 aliphatic carbocycles. The fourth-order valence-corrected chi connectivity index (χ4v) is 5.73. The number of ether oxygens (including phenoxy) is 1. The summed E-state index contributed by atoms with van der Waals surface area (Å²) in [7, 11) is -3.41. The zero-order valence-corrected chi connectivity index (χ0v) is 21.1. The zero-order chi connectivity index (χ0) is 25.5. The summed E-state index contributed by atoms with van der Waals surface area (Å²) in [5, 5.41) is 2.97. The minimum absolute atomic E-state index is 0.0201. The zero-order valence-electron chi connectivity index (χ0n) is 20.3. The van der Waals surface area contributed by atoms with Crippen LogP contribution in [0.5, 0.6) is 5.75 Å². The second kappa shape index (κ2) is 11.7. The second-order valence-corrected chi connectivity index (χ2v) is 11.2. The van der Waals surface area contributed by atoms with Gasteiger partial charge in [-0.05, 0) is 60.7 Å². The SMILES string of the molecule is Cc1ccc(CS(=O)(=O)N2CCC(C(=O)NCc3ccc(OCc4ccc(F)cc4)cc3)CC2)cc1. The molecular weight excluding hydrogens is 479 g/mol. The summed E-state index contributed by atoms with van der Waals surface area (Å²) < 4.78 is 45.8. The summed E-state index contributed by atoms with van der Waals surface area (Å²) in [4.78, 5) is 12.7. The monoisotopic (exact) mass is 510 g/mol. The van der Waals surface area contributed by atoms with Crippen LogP contribution >= 0.6 is 0 Å². The van der Waals surface area contributed by atoms with E-state index >= 15 is 0 Å². The maximum absolute atomic E-state index is 13.0. The first-order chi connectivity index (χ1) is 17.3. The summed E-state index contributed by atoms with van der Waals surface area (Å²) in [6.45, 7) is 3.41. The van der Waals surface area contributed by atoms with Crippen molar-refractivity contribution in [3.05, 3.63) is 101 Å². The van der Waals surface area contributed by atoms with Gasteiger partial charge in [0.2, 0.25) is 15.9 Å². The number of aryl methyl sites for hydroxylation is 1. The summed E-state index contributed by atoms with van der Waals surface area (Å²) in [6, 6.07) is 21.1. The van der Waals surface area contributed by atoms with Crippen LogP contribution < -0.4 is 10.1 Å². The number of benzene rings is 3. The molecule has 1 fully saturated rings. The highest BCUT2D eigenvalue weighted by Gasteiger charge is 2.31. The molecule has 0 saturated carbocycles. The molecule has 1 aliphatic heterocycles. The molecule has 1 N–H and O–H groups in total. The molecule has 1 saturated heterocycles. The molecule has 0 bridgehead atoms. The van der Waals surface area contributed by atoms with Gasteiger partial charge in [0.05, 0.1) is 5.75 Å². The minimum atomic E-state index is -3.41. The van der Waals surface area contributed by atoms with Gasteiger partial charge in [-0.25, -0.2) is 17.1 Å². The van der Waals surface area contributed by atoms with Crippen LogP contribution in [0.2, 0.25) is 0 Å². The Balaban J connectivity index is 1.20. The van der Waals surface area contributed by atoms with E-state index in [1.807, 2.05) is 55.5 Å². The van der Waals surface area contributed by atoms with Crippen molar-refractivity contribution in [2.75, 3.05) is 13.1 Å². The van der Waals surface area contributed by atoms with Gasteiger partial charge in [0, 0.05) is 25.6 Å². The molecule has 1 amide bonds. The fraction of sp³-hybridized carbons (Fsp3) is 0.321. The van der Waals surface area contributed by atoms with Crippen LogP contribution in [0.3, 0.4) is 0 Å². The topological polar surface area (TPSA) is 75.7 Å². The number of sulfonamides is 1. The van der Waals surface area contributed by atoms with Crippen LogP contribution in [0.1, 0.15) is 35.1 Å². The lowest BCUT2D eigenvalue weighted by Gasteiger charge is -2.30. The average molecular weight is 511 g/mol. The van der Waals surface area contributed by atoms with E-state index in [2.05, 4.69) is 5.32 Å². The number of amides is 1. The smallest absolute Gasteiger partial charge is 0.223 e. The standard InChI is InChI=1S/C28H31FN2O4S/c1-21-2-4-24(5-3-21)20-36(33,34)31-16-14-25(15-17-31)28(32)30-18-22-8-12-27(13-9-22)35-19-23-6-10-26(29)11-7-23/h2-13,25H,14-20H2,1H3,(H,30,32). The van der Waals surface area contributed by atoms with E-state index in [0.717, 1.165) is 22.3 Å². The Labute approximate surface area is 212 Å². The molecule has 3 aromatic rings. The van der Waals surface area contributed by atoms with Crippen molar-refractivity contribution >= 4 is 15.9 Å². The van der Waals surface area contributed by atoms with Gasteiger partial charge >= 0.3 is 0 Å². The summed E-state index contributed by atoms with van der Waals surface area (Å²) >= 11 is 0. The maximum Gasteiger partial charge on any atom is 0.223 e. The highest BCUT2D eigenvalue weighted by molar-refractivity contribution is 7.88. The van der Waals surface area contributed by atoms with Gasteiger partial charge in [-0.3, -0.25) is 4.79 Å². The third-order valence-electron chi connectivity index (χ3n) is 6.40. The van der Waals surface area contributed by atoms with Crippen molar-refractivity contribution in [2.45, 2.75) is 38.7 Å². The summed E-state index contributed by atoms with van der Waals surface area (Å²) in [5.41, 5.74) is 3.68. The quantitative estimate of drug-likeness (QED) is 0.458. The van der Waals surface area contributed by atoms with E-state index in [1.165, 1.54) is 16.4 Å². The van der Waals surface area contributed by atoms with Crippen LogP contribution in [0.4, 0.5) is 4.39 Å². The molecule has 0 atom stereocenters. The van der Waals surface area contributed by atoms with E-state index in [4.69, 9.17) is 4.74 Å². The molecule has 3 aromatic carbocycles. The number of piperidine rings is 1. The molecular formula is C28H31FN2O4S. The number of rotatable bonds is 9. The van der Waals surface area contributed by atoms with Crippen molar-refractivity contribution in [1.82, 2.24) is 9.62 Å². The molecule has 0 spiro atoms. The third-order valence-corrected chi connectivity index (χ3v) is 8.25. The van der Waals surface area contributed by atoms with E-state index in [9.17, 15) is 17.6 Å². The van der Waals surface area contributed by atoms with E-state index in [1.54, 1.807) is 12.1 Å². The first-order valence-corrected chi connectivity index (χ1v) is 13.7. The average Bonchev–Trinajstić information content (AvgIpc) is 2.89. The van der Waals surface area contributed by atoms with E-state index in [-0.39, 0.29) is 23.4 Å². The van der Waals surface area contributed by atoms with Gasteiger partial charge in [0.25, 0.3) is 0 Å². The Kier molecular flexibility index (Phi) is 8.38. The minimum Gasteiger partial charge on any atom is -0.489 e. The molecule has 36 heavy (non-hydrogen) atoms. The first-order valence-electron chi connectivity index (χ1n) is 12.1. The lowest BCUT2D eigenvalue weighted by Crippen LogP contribution is -2.43. The van der Waals surface area contributed by atoms with Crippen LogP contribution in [0, 0.1) is 18.7 Å². The molecule has 6 nitrogen and oxygen atoms in total. The number of hydrogen-bond donors (Lipinski definition) is 1. The largest absolute Gasteiger partial charge is 0.489 e. The van der Waals surface area contributed by atoms with Gasteiger partial charge < -0.3 is 10.1 Å². The summed E-state index contributed by atoms with van der Waals surface area (Å²) in [6.07, 6.45) is 1.02. The van der Waals surface area contributed by atoms with Crippen LogP contribution in [0.15, 0.2) is 72.8 Å². The molecule has 1 aliphatic rings. The molecule has 4 rings (SSSR count). The Bertz CT molecular complexity index is 1250. The highest BCUT2D eigenvalue weighted by Crippen LogP contribution is 2.22. The van der Waals surface area contributed by atoms with E-state index in [0.29, 0.717) is 44.8 Å². The Hall–Kier alpha value is -3.23. The number of nitrogens with zero attached hydrogens (tertiary/aromatic N) is 1. The number of carbonyl (C=O) groups excluding carboxylic acids is 1. The van der Waals surface area contributed by atoms with Gasteiger partial charge in [0.1, 0.15) is 18.2 Å². The van der Waals surface area contributed by atoms with Crippen LogP contribution in [-0.4, -0.2) is 31.7 Å². The molecule has 190 valence electrons. The number of halogens is 1. The van der Waals surface area contributed by atoms with Crippen molar-refractivity contribution in [1.29, 1.82) is 0 Å².